The number of rotatable bonds is 4. The SMILES string of the molecule is Cn1cc(N(Cc2ccc(C(F)(F)F)nn2)C(=O)c2cc3c4c(c(N)nc3cc2Cl)COC4)cn1. The van der Waals surface area contributed by atoms with Crippen LogP contribution in [0.3, 0.4) is 0 Å². The Hall–Kier alpha value is -3.77. The maximum Gasteiger partial charge on any atom is 0.435 e. The van der Waals surface area contributed by atoms with Gasteiger partial charge < -0.3 is 10.5 Å². The molecule has 13 heteroatoms. The number of nitrogen functional groups attached to an aromatic ring is 1. The molecule has 1 amide bonds. The zero-order chi connectivity index (χ0) is 24.9. The number of carbonyl (C=O) groups is 1. The van der Waals surface area contributed by atoms with Gasteiger partial charge in [-0.1, -0.05) is 11.6 Å². The molecule has 0 fully saturated rings. The summed E-state index contributed by atoms with van der Waals surface area (Å²) in [5.41, 5.74) is 7.75. The lowest BCUT2D eigenvalue weighted by Gasteiger charge is -2.22. The van der Waals surface area contributed by atoms with Crippen LogP contribution < -0.4 is 10.6 Å². The molecule has 3 aromatic heterocycles. The van der Waals surface area contributed by atoms with Crippen molar-refractivity contribution in [2.45, 2.75) is 25.9 Å². The number of alkyl halides is 3. The van der Waals surface area contributed by atoms with Crippen LogP contribution >= 0.6 is 11.6 Å². The zero-order valence-corrected chi connectivity index (χ0v) is 18.9. The zero-order valence-electron chi connectivity index (χ0n) is 18.2. The largest absolute Gasteiger partial charge is 0.435 e. The third kappa shape index (κ3) is 4.26. The Morgan fingerprint density at radius 1 is 1.23 bits per heavy atom. The van der Waals surface area contributed by atoms with Crippen LogP contribution in [0.1, 0.15) is 32.9 Å². The number of pyridine rings is 1. The first-order chi connectivity index (χ1) is 16.6. The summed E-state index contributed by atoms with van der Waals surface area (Å²) in [7, 11) is 1.67. The number of ether oxygens (including phenoxy) is 1. The molecule has 0 aliphatic carbocycles. The van der Waals surface area contributed by atoms with Crippen LogP contribution in [0.5, 0.6) is 0 Å². The molecule has 35 heavy (non-hydrogen) atoms. The number of halogens is 4. The van der Waals surface area contributed by atoms with Crippen molar-refractivity contribution in [2.24, 2.45) is 7.05 Å². The van der Waals surface area contributed by atoms with Crippen molar-refractivity contribution in [1.82, 2.24) is 25.0 Å². The molecular formula is C22H17ClF3N7O2. The molecule has 0 spiro atoms. The summed E-state index contributed by atoms with van der Waals surface area (Å²) >= 11 is 6.48. The maximum absolute atomic E-state index is 13.7. The fourth-order valence-corrected chi connectivity index (χ4v) is 4.13. The number of hydrogen-bond acceptors (Lipinski definition) is 7. The molecule has 0 saturated carbocycles. The molecule has 0 atom stereocenters. The van der Waals surface area contributed by atoms with Crippen molar-refractivity contribution >= 4 is 39.9 Å². The van der Waals surface area contributed by atoms with Crippen LogP contribution in [0.4, 0.5) is 24.7 Å². The van der Waals surface area contributed by atoms with E-state index in [0.717, 1.165) is 17.2 Å². The van der Waals surface area contributed by atoms with Crippen molar-refractivity contribution in [1.29, 1.82) is 0 Å². The molecule has 2 N–H and O–H groups in total. The van der Waals surface area contributed by atoms with Gasteiger partial charge in [0.1, 0.15) is 5.82 Å². The number of aromatic nitrogens is 5. The molecule has 9 nitrogen and oxygen atoms in total. The average Bonchev–Trinajstić information content (AvgIpc) is 3.46. The normalized spacial score (nSPS) is 13.3. The fraction of sp³-hybridized carbons (Fsp3) is 0.227. The third-order valence-corrected chi connectivity index (χ3v) is 5.94. The molecule has 0 radical (unpaired) electrons. The molecule has 1 aromatic carbocycles. The Morgan fingerprint density at radius 2 is 2.00 bits per heavy atom. The lowest BCUT2D eigenvalue weighted by atomic mass is 10.0. The van der Waals surface area contributed by atoms with Crippen LogP contribution in [0, 0.1) is 0 Å². The average molecular weight is 504 g/mol. The fourth-order valence-electron chi connectivity index (χ4n) is 3.89. The van der Waals surface area contributed by atoms with E-state index in [0.29, 0.717) is 35.6 Å². The summed E-state index contributed by atoms with van der Waals surface area (Å²) in [6.45, 7) is 0.483. The maximum atomic E-state index is 13.7. The Labute approximate surface area is 201 Å². The Morgan fingerprint density at radius 3 is 2.66 bits per heavy atom. The summed E-state index contributed by atoms with van der Waals surface area (Å²) < 4.78 is 45.6. The topological polar surface area (TPSA) is 112 Å². The van der Waals surface area contributed by atoms with E-state index in [9.17, 15) is 18.0 Å². The number of nitrogens with two attached hydrogens (primary N) is 1. The smallest absolute Gasteiger partial charge is 0.383 e. The van der Waals surface area contributed by atoms with E-state index in [2.05, 4.69) is 20.3 Å². The molecule has 5 rings (SSSR count). The van der Waals surface area contributed by atoms with Gasteiger partial charge >= 0.3 is 6.18 Å². The molecule has 0 bridgehead atoms. The predicted octanol–water partition coefficient (Wildman–Crippen LogP) is 3.89. The first kappa shape index (κ1) is 23.0. The Balaban J connectivity index is 1.56. The monoisotopic (exact) mass is 503 g/mol. The Bertz CT molecular complexity index is 1450. The number of fused-ring (bicyclic) bond motifs is 3. The standard InChI is InChI=1S/C22H17ClF3N7O2/c1-32-8-12(6-28-32)33(7-11-2-3-19(31-30-11)22(24,25)26)21(34)14-4-13-15-9-35-10-16(15)20(27)29-18(13)5-17(14)23/h2-6,8H,7,9-10H2,1H3,(H2,27,29). The van der Waals surface area contributed by atoms with E-state index >= 15 is 0 Å². The van der Waals surface area contributed by atoms with Gasteiger partial charge in [-0.2, -0.15) is 23.4 Å². The molecule has 1 aliphatic heterocycles. The number of amides is 1. The number of hydrogen-bond donors (Lipinski definition) is 1. The number of aryl methyl sites for hydroxylation is 1. The first-order valence-electron chi connectivity index (χ1n) is 10.3. The van der Waals surface area contributed by atoms with Crippen molar-refractivity contribution in [3.8, 4) is 0 Å². The van der Waals surface area contributed by atoms with E-state index in [1.165, 1.54) is 21.8 Å². The summed E-state index contributed by atoms with van der Waals surface area (Å²) in [6.07, 6.45) is -1.57. The van der Waals surface area contributed by atoms with Crippen LogP contribution in [-0.4, -0.2) is 30.9 Å². The van der Waals surface area contributed by atoms with Crippen molar-refractivity contribution in [3.05, 3.63) is 69.8 Å². The van der Waals surface area contributed by atoms with Crippen LogP contribution in [0.25, 0.3) is 10.9 Å². The first-order valence-corrected chi connectivity index (χ1v) is 10.7. The van der Waals surface area contributed by atoms with Gasteiger partial charge in [0.05, 0.1) is 53.4 Å². The second-order valence-electron chi connectivity index (χ2n) is 7.97. The summed E-state index contributed by atoms with van der Waals surface area (Å²) in [5.74, 6) is -0.158. The molecule has 4 heterocycles. The molecule has 180 valence electrons. The number of carbonyl (C=O) groups excluding carboxylic acids is 1. The second kappa shape index (κ2) is 8.47. The van der Waals surface area contributed by atoms with Crippen LogP contribution in [0.15, 0.2) is 36.7 Å². The lowest BCUT2D eigenvalue weighted by Crippen LogP contribution is -2.31. The third-order valence-electron chi connectivity index (χ3n) is 5.63. The second-order valence-corrected chi connectivity index (χ2v) is 8.37. The predicted molar refractivity (Wildman–Crippen MR) is 120 cm³/mol. The highest BCUT2D eigenvalue weighted by Crippen LogP contribution is 2.35. The van der Waals surface area contributed by atoms with Crippen LogP contribution in [0.2, 0.25) is 5.02 Å². The van der Waals surface area contributed by atoms with E-state index in [4.69, 9.17) is 22.1 Å². The summed E-state index contributed by atoms with van der Waals surface area (Å²) in [4.78, 5) is 19.4. The molecule has 4 aromatic rings. The molecule has 0 saturated heterocycles. The highest BCUT2D eigenvalue weighted by atomic mass is 35.5. The van der Waals surface area contributed by atoms with E-state index in [-0.39, 0.29) is 22.8 Å². The Kier molecular flexibility index (Phi) is 5.56. The lowest BCUT2D eigenvalue weighted by molar-refractivity contribution is -0.141. The number of benzene rings is 1. The van der Waals surface area contributed by atoms with Crippen molar-refractivity contribution in [3.63, 3.8) is 0 Å². The minimum absolute atomic E-state index is 0.139. The van der Waals surface area contributed by atoms with Gasteiger partial charge in [0, 0.05) is 24.2 Å². The number of anilines is 2. The highest BCUT2D eigenvalue weighted by molar-refractivity contribution is 6.35. The summed E-state index contributed by atoms with van der Waals surface area (Å²) in [6, 6.07) is 5.17. The van der Waals surface area contributed by atoms with Crippen molar-refractivity contribution in [2.75, 3.05) is 10.6 Å². The summed E-state index contributed by atoms with van der Waals surface area (Å²) in [5, 5.41) is 11.8. The van der Waals surface area contributed by atoms with Gasteiger partial charge in [0.25, 0.3) is 5.91 Å². The van der Waals surface area contributed by atoms with Gasteiger partial charge in [0.2, 0.25) is 0 Å². The van der Waals surface area contributed by atoms with Crippen LogP contribution in [-0.2, 0) is 37.7 Å². The van der Waals surface area contributed by atoms with Crippen molar-refractivity contribution < 1.29 is 22.7 Å². The van der Waals surface area contributed by atoms with Gasteiger partial charge in [-0.3, -0.25) is 14.4 Å². The molecule has 1 aliphatic rings. The van der Waals surface area contributed by atoms with E-state index in [1.807, 2.05) is 0 Å². The van der Waals surface area contributed by atoms with Gasteiger partial charge in [-0.15, -0.1) is 5.10 Å². The molecule has 0 unspecified atom stereocenters. The quantitative estimate of drug-likeness (QED) is 0.449. The van der Waals surface area contributed by atoms with E-state index in [1.54, 1.807) is 25.4 Å². The van der Waals surface area contributed by atoms with Gasteiger partial charge in [-0.25, -0.2) is 4.98 Å². The number of nitrogens with zero attached hydrogens (tertiary/aromatic N) is 6. The minimum Gasteiger partial charge on any atom is -0.383 e. The van der Waals surface area contributed by atoms with Gasteiger partial charge in [-0.05, 0) is 29.8 Å². The molecular weight excluding hydrogens is 487 g/mol. The minimum atomic E-state index is -4.62. The highest BCUT2D eigenvalue weighted by Gasteiger charge is 2.33. The van der Waals surface area contributed by atoms with Gasteiger partial charge in [0.15, 0.2) is 5.69 Å². The van der Waals surface area contributed by atoms with E-state index < -0.39 is 17.8 Å².